The van der Waals surface area contributed by atoms with Gasteiger partial charge in [-0.25, -0.2) is 27.3 Å². The Morgan fingerprint density at radius 3 is 2.59 bits per heavy atom. The molecule has 0 saturated carbocycles. The number of rotatable bonds is 3. The van der Waals surface area contributed by atoms with E-state index in [0.717, 1.165) is 6.08 Å². The fraction of sp³-hybridized carbons (Fsp3) is 0.353. The fourth-order valence-electron chi connectivity index (χ4n) is 2.75. The molecule has 0 saturated heterocycles. The molecule has 4 N–H and O–H groups in total. The number of pyridine rings is 1. The highest BCUT2D eigenvalue weighted by atomic mass is 35.5. The van der Waals surface area contributed by atoms with Crippen molar-refractivity contribution in [3.63, 3.8) is 0 Å². The summed E-state index contributed by atoms with van der Waals surface area (Å²) >= 11 is 5.47. The molecule has 1 aliphatic carbocycles. The summed E-state index contributed by atoms with van der Waals surface area (Å²) in [6, 6.07) is 4.76. The van der Waals surface area contributed by atoms with Gasteiger partial charge in [-0.1, -0.05) is 23.7 Å². The Labute approximate surface area is 167 Å². The highest BCUT2D eigenvalue weighted by molar-refractivity contribution is 6.31. The number of aliphatic imine (C=N–C) groups is 1. The number of carbonyl (C=O) groups is 1. The van der Waals surface area contributed by atoms with E-state index in [1.165, 1.54) is 12.3 Å². The van der Waals surface area contributed by atoms with Crippen LogP contribution >= 0.6 is 11.6 Å². The number of amidine groups is 1. The smallest absolute Gasteiger partial charge is 0.354 e. The first-order valence-electron chi connectivity index (χ1n) is 8.05. The van der Waals surface area contributed by atoms with E-state index in [1.807, 2.05) is 0 Å². The second kappa shape index (κ2) is 8.78. The zero-order valence-corrected chi connectivity index (χ0v) is 15.5. The van der Waals surface area contributed by atoms with Crippen molar-refractivity contribution in [2.45, 2.75) is 24.1 Å². The minimum absolute atomic E-state index is 0.0810. The summed E-state index contributed by atoms with van der Waals surface area (Å²) in [5, 5.41) is 7.59. The minimum Gasteiger partial charge on any atom is -0.702 e. The molecule has 0 fully saturated rings. The van der Waals surface area contributed by atoms with Crippen molar-refractivity contribution in [3.05, 3.63) is 58.5 Å². The topological polar surface area (TPSA) is 122 Å². The van der Waals surface area contributed by atoms with Crippen LogP contribution in [0.4, 0.5) is 17.6 Å². The quantitative estimate of drug-likeness (QED) is 0.702. The maximum atomic E-state index is 15.0. The Morgan fingerprint density at radius 1 is 1.41 bits per heavy atom. The van der Waals surface area contributed by atoms with Gasteiger partial charge in [-0.2, -0.15) is 5.70 Å². The standard InChI is InChI=1S/C11H11ClF4N3O.C6H5NO2/c12-6-1-5(17)2-10(16,8(6)13)11(9(14)15)4-20-3-7(18)19-11;8-6(9)5-3-1-2-4-7-5/h1,9,17H,2-4H2,(H2,18,19);1-4H,(H,8,9)/q-1;. The Bertz CT molecular complexity index is 865. The number of aromatic carboxylic acids is 1. The molecule has 0 radical (unpaired) electrons. The Hall–Kier alpha value is -2.66. The number of carboxylic acid groups (broad SMARTS) is 1. The average molecular weight is 436 g/mol. The van der Waals surface area contributed by atoms with Crippen molar-refractivity contribution >= 4 is 23.4 Å². The lowest BCUT2D eigenvalue weighted by atomic mass is 9.75. The summed E-state index contributed by atoms with van der Waals surface area (Å²) in [4.78, 5) is 17.1. The highest BCUT2D eigenvalue weighted by Crippen LogP contribution is 2.50. The van der Waals surface area contributed by atoms with Gasteiger partial charge in [0.15, 0.2) is 17.0 Å². The maximum Gasteiger partial charge on any atom is 0.354 e. The number of aromatic nitrogens is 1. The normalized spacial score (nSPS) is 27.0. The van der Waals surface area contributed by atoms with Crippen LogP contribution in [0.2, 0.25) is 0 Å². The van der Waals surface area contributed by atoms with Gasteiger partial charge in [0, 0.05) is 6.20 Å². The van der Waals surface area contributed by atoms with E-state index in [4.69, 9.17) is 32.9 Å². The molecule has 29 heavy (non-hydrogen) atoms. The van der Waals surface area contributed by atoms with Gasteiger partial charge in [0.25, 0.3) is 6.43 Å². The molecule has 3 rings (SSSR count). The van der Waals surface area contributed by atoms with Crippen LogP contribution in [-0.2, 0) is 4.74 Å². The molecule has 1 aromatic rings. The molecule has 7 nitrogen and oxygen atoms in total. The van der Waals surface area contributed by atoms with Gasteiger partial charge < -0.3 is 21.3 Å². The molecular formula is C17H16ClF4N4O3-. The van der Waals surface area contributed by atoms with Gasteiger partial charge >= 0.3 is 5.97 Å². The Balaban J connectivity index is 0.000000278. The van der Waals surface area contributed by atoms with Crippen molar-refractivity contribution in [1.29, 1.82) is 0 Å². The number of nitrogens with zero attached hydrogens (tertiary/aromatic N) is 2. The van der Waals surface area contributed by atoms with Crippen LogP contribution in [0.25, 0.3) is 5.73 Å². The van der Waals surface area contributed by atoms with E-state index in [2.05, 4.69) is 9.98 Å². The number of hydrogen-bond acceptors (Lipinski definition) is 5. The lowest BCUT2D eigenvalue weighted by Gasteiger charge is -2.45. The van der Waals surface area contributed by atoms with Crippen molar-refractivity contribution < 1.29 is 32.2 Å². The number of halogens is 5. The van der Waals surface area contributed by atoms with Crippen LogP contribution in [0.5, 0.6) is 0 Å². The number of allylic oxidation sites excluding steroid dienone is 3. The molecule has 158 valence electrons. The number of nitrogens with one attached hydrogen (secondary N) is 1. The van der Waals surface area contributed by atoms with Crippen molar-refractivity contribution in [3.8, 4) is 0 Å². The van der Waals surface area contributed by atoms with Crippen LogP contribution in [0, 0.1) is 0 Å². The molecule has 0 aromatic carbocycles. The fourth-order valence-corrected chi connectivity index (χ4v) is 3.03. The third kappa shape index (κ3) is 4.51. The van der Waals surface area contributed by atoms with Gasteiger partial charge in [0.2, 0.25) is 0 Å². The minimum atomic E-state index is -3.38. The number of alkyl halides is 3. The third-order valence-electron chi connectivity index (χ3n) is 4.14. The lowest BCUT2D eigenvalue weighted by Crippen LogP contribution is -2.62. The van der Waals surface area contributed by atoms with Gasteiger partial charge in [0.1, 0.15) is 18.1 Å². The van der Waals surface area contributed by atoms with Crippen molar-refractivity contribution in [2.24, 2.45) is 10.7 Å². The molecular weight excluding hydrogens is 420 g/mol. The summed E-state index contributed by atoms with van der Waals surface area (Å²) in [6.45, 7) is -1.10. The zero-order chi connectivity index (χ0) is 21.8. The summed E-state index contributed by atoms with van der Waals surface area (Å²) in [5.41, 5.74) is 6.28. The number of ether oxygens (including phenoxy) is 1. The number of hydrogen-bond donors (Lipinski definition) is 2. The predicted octanol–water partition coefficient (Wildman–Crippen LogP) is 3.63. The summed E-state index contributed by atoms with van der Waals surface area (Å²) < 4.78 is 60.7. The monoisotopic (exact) mass is 435 g/mol. The number of carboxylic acids is 1. The molecule has 12 heteroatoms. The Morgan fingerprint density at radius 2 is 2.10 bits per heavy atom. The van der Waals surface area contributed by atoms with E-state index in [1.54, 1.807) is 12.1 Å². The lowest BCUT2D eigenvalue weighted by molar-refractivity contribution is -0.0882. The van der Waals surface area contributed by atoms with E-state index in [9.17, 15) is 18.0 Å². The average Bonchev–Trinajstić information content (AvgIpc) is 2.67. The highest BCUT2D eigenvalue weighted by Gasteiger charge is 2.63. The van der Waals surface area contributed by atoms with Gasteiger partial charge in [-0.15, -0.1) is 0 Å². The molecule has 1 aliphatic heterocycles. The van der Waals surface area contributed by atoms with Crippen molar-refractivity contribution in [1.82, 2.24) is 4.98 Å². The largest absolute Gasteiger partial charge is 0.702 e. The molecule has 2 heterocycles. The molecule has 0 bridgehead atoms. The van der Waals surface area contributed by atoms with Gasteiger partial charge in [0.05, 0.1) is 11.6 Å². The molecule has 1 aromatic heterocycles. The molecule has 2 aliphatic rings. The van der Waals surface area contributed by atoms with Gasteiger partial charge in [-0.3, -0.25) is 4.99 Å². The molecule has 2 unspecified atom stereocenters. The first-order chi connectivity index (χ1) is 13.5. The van der Waals surface area contributed by atoms with Crippen LogP contribution < -0.4 is 5.73 Å². The third-order valence-corrected chi connectivity index (χ3v) is 4.41. The van der Waals surface area contributed by atoms with E-state index < -0.39 is 53.2 Å². The summed E-state index contributed by atoms with van der Waals surface area (Å²) in [6.07, 6.45) is -1.99. The summed E-state index contributed by atoms with van der Waals surface area (Å²) in [5.74, 6) is -2.94. The zero-order valence-electron chi connectivity index (χ0n) is 14.7. The SMILES string of the molecule is O=C(O)c1ccccn1.[NH-]C1=CC(Cl)=C(F)C(F)(C2(C(F)F)COCC(N)=N2)C1. The van der Waals surface area contributed by atoms with E-state index >= 15 is 4.39 Å². The van der Waals surface area contributed by atoms with E-state index in [0.29, 0.717) is 0 Å². The van der Waals surface area contributed by atoms with E-state index in [-0.39, 0.29) is 18.1 Å². The van der Waals surface area contributed by atoms with Crippen LogP contribution in [0.15, 0.2) is 52.0 Å². The van der Waals surface area contributed by atoms with Crippen molar-refractivity contribution in [2.75, 3.05) is 13.2 Å². The number of nitrogens with two attached hydrogens (primary N) is 1. The molecule has 0 spiro atoms. The first-order valence-corrected chi connectivity index (χ1v) is 8.42. The van der Waals surface area contributed by atoms with Crippen LogP contribution in [-0.4, -0.2) is 52.7 Å². The second-order valence-electron chi connectivity index (χ2n) is 6.15. The van der Waals surface area contributed by atoms with Crippen LogP contribution in [0.3, 0.4) is 0 Å². The molecule has 0 amide bonds. The summed E-state index contributed by atoms with van der Waals surface area (Å²) in [7, 11) is 0. The van der Waals surface area contributed by atoms with Crippen LogP contribution in [0.1, 0.15) is 16.9 Å². The predicted molar refractivity (Wildman–Crippen MR) is 97.2 cm³/mol. The Kier molecular flexibility index (Phi) is 6.85. The first kappa shape index (κ1) is 22.6. The second-order valence-corrected chi connectivity index (χ2v) is 6.56. The molecule has 2 atom stereocenters. The van der Waals surface area contributed by atoms with Gasteiger partial charge in [-0.05, 0) is 18.6 Å². The maximum absolute atomic E-state index is 15.0.